The smallest absolute Gasteiger partial charge is 0.326 e. The highest BCUT2D eigenvalue weighted by molar-refractivity contribution is 7.10. The second-order valence-electron chi connectivity index (χ2n) is 8.84. The van der Waals surface area contributed by atoms with Crippen LogP contribution in [0.2, 0.25) is 0 Å². The van der Waals surface area contributed by atoms with Crippen molar-refractivity contribution in [2.45, 2.75) is 57.2 Å². The Labute approximate surface area is 192 Å². The summed E-state index contributed by atoms with van der Waals surface area (Å²) in [6, 6.07) is 5.16. The molecule has 2 aliphatic carbocycles. The first-order chi connectivity index (χ1) is 16.1. The second kappa shape index (κ2) is 8.27. The monoisotopic (exact) mass is 463 g/mol. The van der Waals surface area contributed by atoms with E-state index in [1.165, 1.54) is 30.6 Å². The van der Waals surface area contributed by atoms with Gasteiger partial charge in [-0.3, -0.25) is 9.98 Å². The third-order valence-corrected chi connectivity index (χ3v) is 7.18. The number of imidazole rings is 1. The van der Waals surface area contributed by atoms with Crippen LogP contribution in [0.1, 0.15) is 49.1 Å². The first kappa shape index (κ1) is 20.4. The number of nitrogens with one attached hydrogen (secondary N) is 3. The predicted molar refractivity (Wildman–Crippen MR) is 126 cm³/mol. The molecule has 2 saturated carbocycles. The fourth-order valence-corrected chi connectivity index (χ4v) is 5.16. The molecule has 2 fully saturated rings. The van der Waals surface area contributed by atoms with Crippen molar-refractivity contribution in [3.05, 3.63) is 55.5 Å². The fourth-order valence-electron chi connectivity index (χ4n) is 4.33. The lowest BCUT2D eigenvalue weighted by Gasteiger charge is -2.09. The van der Waals surface area contributed by atoms with Crippen LogP contribution in [0.3, 0.4) is 0 Å². The Balaban J connectivity index is 1.41. The highest BCUT2D eigenvalue weighted by Crippen LogP contribution is 2.26. The molecule has 0 spiro atoms. The normalized spacial score (nSPS) is 18.2. The SMILES string of the molecule is O=c1[nH]c(O)c(C=c2cnn3c(=NC4CC4)cc(-c4csc(CNC5CCCC5)c4)nc23)[nH]1. The number of aromatic hydroxyl groups is 1. The van der Waals surface area contributed by atoms with Crippen molar-refractivity contribution >= 4 is 23.1 Å². The zero-order valence-electron chi connectivity index (χ0n) is 18.0. The number of fused-ring (bicyclic) bond motifs is 1. The van der Waals surface area contributed by atoms with Crippen molar-refractivity contribution in [1.29, 1.82) is 0 Å². The molecule has 4 aromatic heterocycles. The quantitative estimate of drug-likeness (QED) is 0.347. The lowest BCUT2D eigenvalue weighted by Crippen LogP contribution is -2.24. The topological polar surface area (TPSA) is 123 Å². The molecule has 2 aliphatic rings. The van der Waals surface area contributed by atoms with Gasteiger partial charge in [0.2, 0.25) is 5.88 Å². The Morgan fingerprint density at radius 3 is 2.85 bits per heavy atom. The fraction of sp³-hybridized carbons (Fsp3) is 0.391. The Kier molecular flexibility index (Phi) is 5.11. The molecule has 0 amide bonds. The summed E-state index contributed by atoms with van der Waals surface area (Å²) in [5.41, 5.74) is 3.12. The van der Waals surface area contributed by atoms with Crippen LogP contribution >= 0.6 is 11.3 Å². The van der Waals surface area contributed by atoms with Crippen molar-refractivity contribution < 1.29 is 5.11 Å². The summed E-state index contributed by atoms with van der Waals surface area (Å²) < 4.78 is 1.73. The van der Waals surface area contributed by atoms with Crippen LogP contribution in [0.4, 0.5) is 0 Å². The molecule has 0 unspecified atom stereocenters. The van der Waals surface area contributed by atoms with E-state index in [4.69, 9.17) is 9.98 Å². The Morgan fingerprint density at radius 2 is 2.09 bits per heavy atom. The van der Waals surface area contributed by atoms with E-state index in [1.54, 1.807) is 28.1 Å². The number of hydrogen-bond donors (Lipinski definition) is 4. The molecule has 0 saturated heterocycles. The van der Waals surface area contributed by atoms with Gasteiger partial charge in [-0.25, -0.2) is 9.78 Å². The number of rotatable bonds is 6. The summed E-state index contributed by atoms with van der Waals surface area (Å²) in [6.07, 6.45) is 10.7. The van der Waals surface area contributed by atoms with E-state index in [2.05, 4.69) is 31.8 Å². The van der Waals surface area contributed by atoms with Gasteiger partial charge >= 0.3 is 5.69 Å². The lowest BCUT2D eigenvalue weighted by molar-refractivity contribution is 0.454. The maximum atomic E-state index is 11.5. The number of aromatic nitrogens is 5. The zero-order valence-corrected chi connectivity index (χ0v) is 18.9. The van der Waals surface area contributed by atoms with Crippen molar-refractivity contribution in [2.75, 3.05) is 0 Å². The van der Waals surface area contributed by atoms with E-state index in [0.29, 0.717) is 28.6 Å². The van der Waals surface area contributed by atoms with Gasteiger partial charge in [-0.2, -0.15) is 9.61 Å². The summed E-state index contributed by atoms with van der Waals surface area (Å²) in [4.78, 5) is 27.4. The van der Waals surface area contributed by atoms with E-state index in [9.17, 15) is 9.90 Å². The molecule has 4 heterocycles. The standard InChI is InChI=1S/C23H25N7O2S/c31-22-19(28-23(32)29-22)8-13-10-25-30-20(26-16-5-6-16)9-18(27-21(13)30)14-7-17(33-12-14)11-24-15-3-1-2-4-15/h7-10,12,15-16,24,31H,1-6,11H2,(H2,28,29,32). The van der Waals surface area contributed by atoms with Gasteiger partial charge in [0, 0.05) is 39.7 Å². The number of nitrogens with zero attached hydrogens (tertiary/aromatic N) is 4. The van der Waals surface area contributed by atoms with E-state index >= 15 is 0 Å². The largest absolute Gasteiger partial charge is 0.493 e. The molecule has 0 radical (unpaired) electrons. The predicted octanol–water partition coefficient (Wildman–Crippen LogP) is 1.82. The van der Waals surface area contributed by atoms with Crippen molar-refractivity contribution in [3.8, 4) is 17.1 Å². The Hall–Kier alpha value is -3.24. The summed E-state index contributed by atoms with van der Waals surface area (Å²) in [5, 5.41) is 20.9. The summed E-state index contributed by atoms with van der Waals surface area (Å²) in [7, 11) is 0. The van der Waals surface area contributed by atoms with E-state index in [1.807, 2.05) is 6.07 Å². The zero-order chi connectivity index (χ0) is 22.4. The minimum absolute atomic E-state index is 0.212. The maximum Gasteiger partial charge on any atom is 0.326 e. The van der Waals surface area contributed by atoms with Crippen LogP contribution in [0.5, 0.6) is 5.88 Å². The van der Waals surface area contributed by atoms with Crippen molar-refractivity contribution in [1.82, 2.24) is 29.9 Å². The number of H-pyrrole nitrogens is 2. The molecule has 4 aromatic rings. The van der Waals surface area contributed by atoms with Crippen LogP contribution in [-0.4, -0.2) is 41.8 Å². The van der Waals surface area contributed by atoms with Gasteiger partial charge in [0.25, 0.3) is 0 Å². The van der Waals surface area contributed by atoms with E-state index in [0.717, 1.165) is 36.1 Å². The first-order valence-electron chi connectivity index (χ1n) is 11.4. The van der Waals surface area contributed by atoms with Gasteiger partial charge < -0.3 is 15.4 Å². The average Bonchev–Trinajstić information content (AvgIpc) is 3.22. The molecule has 10 heteroatoms. The molecule has 4 N–H and O–H groups in total. The van der Waals surface area contributed by atoms with Crippen molar-refractivity contribution in [2.24, 2.45) is 4.99 Å². The van der Waals surface area contributed by atoms with Gasteiger partial charge in [0.1, 0.15) is 5.69 Å². The Bertz CT molecular complexity index is 1490. The van der Waals surface area contributed by atoms with Gasteiger partial charge in [-0.15, -0.1) is 11.3 Å². The summed E-state index contributed by atoms with van der Waals surface area (Å²) in [5.74, 6) is -0.212. The van der Waals surface area contributed by atoms with Crippen molar-refractivity contribution in [3.63, 3.8) is 0 Å². The highest BCUT2D eigenvalue weighted by atomic mass is 32.1. The van der Waals surface area contributed by atoms with Crippen LogP contribution < -0.4 is 21.7 Å². The van der Waals surface area contributed by atoms with Crippen LogP contribution in [0.15, 0.2) is 33.5 Å². The van der Waals surface area contributed by atoms with Gasteiger partial charge in [0.15, 0.2) is 11.1 Å². The summed E-state index contributed by atoms with van der Waals surface area (Å²) in [6.45, 7) is 0.878. The highest BCUT2D eigenvalue weighted by Gasteiger charge is 2.21. The molecule has 0 atom stereocenters. The van der Waals surface area contributed by atoms with Gasteiger partial charge in [-0.05, 0) is 37.8 Å². The van der Waals surface area contributed by atoms with Crippen LogP contribution in [0.25, 0.3) is 23.0 Å². The third kappa shape index (κ3) is 4.23. The molecular weight excluding hydrogens is 438 g/mol. The molecule has 0 aliphatic heterocycles. The molecule has 0 aromatic carbocycles. The Morgan fingerprint density at radius 1 is 1.24 bits per heavy atom. The molecule has 9 nitrogen and oxygen atoms in total. The third-order valence-electron chi connectivity index (χ3n) is 6.25. The molecular formula is C23H25N7O2S. The summed E-state index contributed by atoms with van der Waals surface area (Å²) >= 11 is 1.74. The maximum absolute atomic E-state index is 11.5. The second-order valence-corrected chi connectivity index (χ2v) is 9.84. The van der Waals surface area contributed by atoms with Crippen LogP contribution in [0, 0.1) is 0 Å². The van der Waals surface area contributed by atoms with E-state index < -0.39 is 5.69 Å². The van der Waals surface area contributed by atoms with Gasteiger partial charge in [0.05, 0.1) is 17.9 Å². The average molecular weight is 464 g/mol. The number of hydrogen-bond acceptors (Lipinski definition) is 7. The van der Waals surface area contributed by atoms with Gasteiger partial charge in [-0.1, -0.05) is 12.8 Å². The minimum atomic E-state index is -0.467. The first-order valence-corrected chi connectivity index (χ1v) is 12.3. The molecule has 170 valence electrons. The molecule has 0 bridgehead atoms. The molecule has 33 heavy (non-hydrogen) atoms. The molecule has 6 rings (SSSR count). The number of aromatic amines is 2. The number of thiophene rings is 1. The minimum Gasteiger partial charge on any atom is -0.493 e. The van der Waals surface area contributed by atoms with Crippen LogP contribution in [-0.2, 0) is 6.54 Å². The van der Waals surface area contributed by atoms with E-state index in [-0.39, 0.29) is 5.88 Å². The lowest BCUT2D eigenvalue weighted by atomic mass is 10.2.